The van der Waals surface area contributed by atoms with Crippen LogP contribution in [0.15, 0.2) is 48.7 Å². The Balaban J connectivity index is 1.49. The van der Waals surface area contributed by atoms with Crippen LogP contribution in [0.25, 0.3) is 10.8 Å². The summed E-state index contributed by atoms with van der Waals surface area (Å²) in [5.74, 6) is -0.790. The first-order chi connectivity index (χ1) is 14.5. The first-order valence-electron chi connectivity index (χ1n) is 9.26. The number of fused-ring (bicyclic) bond motifs is 1. The molecule has 0 unspecified atom stereocenters. The average Bonchev–Trinajstić information content (AvgIpc) is 3.13. The first kappa shape index (κ1) is 19.4. The third-order valence-corrected chi connectivity index (χ3v) is 4.96. The van der Waals surface area contributed by atoms with Crippen molar-refractivity contribution in [3.8, 4) is 6.07 Å². The summed E-state index contributed by atoms with van der Waals surface area (Å²) in [6.07, 6.45) is -1.35. The fraction of sp³-hybridized carbons (Fsp3) is 0.190. The molecule has 1 aliphatic rings. The Labute approximate surface area is 171 Å². The molecule has 30 heavy (non-hydrogen) atoms. The number of ether oxygens (including phenoxy) is 1. The molecule has 5 N–H and O–H groups in total. The summed E-state index contributed by atoms with van der Waals surface area (Å²) in [5, 5.41) is 23.8. The second-order valence-electron chi connectivity index (χ2n) is 6.88. The van der Waals surface area contributed by atoms with E-state index in [2.05, 4.69) is 10.3 Å². The van der Waals surface area contributed by atoms with Gasteiger partial charge in [0.1, 0.15) is 5.82 Å². The summed E-state index contributed by atoms with van der Waals surface area (Å²) < 4.78 is 5.40. The molecule has 0 bridgehead atoms. The number of aromatic nitrogens is 1. The summed E-state index contributed by atoms with van der Waals surface area (Å²) in [6.45, 7) is 0.399. The number of carbonyl (C=O) groups excluding carboxylic acids is 2. The third-order valence-electron chi connectivity index (χ3n) is 4.96. The standard InChI is InChI=1S/C21H19N5O4/c22-10-12-2-1-3-15(8-12)26-6-7-30-18(21(26)29)17(27)20(28)25-14-4-5-16-13(9-14)11-24-19(16)23/h1-5,8-9,11,17-18,24,27H,6-7,23H2,(H,25,28)/t17-,18-/m1/s1. The summed E-state index contributed by atoms with van der Waals surface area (Å²) >= 11 is 0. The van der Waals surface area contributed by atoms with Gasteiger partial charge in [0.15, 0.2) is 12.2 Å². The number of H-pyrrole nitrogens is 1. The second-order valence-corrected chi connectivity index (χ2v) is 6.88. The van der Waals surface area contributed by atoms with E-state index in [9.17, 15) is 14.7 Å². The number of amides is 2. The van der Waals surface area contributed by atoms with Crippen molar-refractivity contribution in [3.63, 3.8) is 0 Å². The lowest BCUT2D eigenvalue weighted by Gasteiger charge is -2.34. The van der Waals surface area contributed by atoms with Crippen molar-refractivity contribution in [2.75, 3.05) is 29.1 Å². The van der Waals surface area contributed by atoms with Crippen LogP contribution in [0.1, 0.15) is 5.56 Å². The second kappa shape index (κ2) is 7.87. The van der Waals surface area contributed by atoms with Crippen LogP contribution in [-0.4, -0.2) is 47.3 Å². The van der Waals surface area contributed by atoms with E-state index in [-0.39, 0.29) is 13.2 Å². The van der Waals surface area contributed by atoms with Gasteiger partial charge in [-0.3, -0.25) is 9.59 Å². The lowest BCUT2D eigenvalue weighted by atomic mass is 10.1. The molecule has 152 valence electrons. The maximum absolute atomic E-state index is 12.9. The number of nitrogens with one attached hydrogen (secondary N) is 2. The van der Waals surface area contributed by atoms with E-state index in [4.69, 9.17) is 15.7 Å². The molecule has 4 rings (SSSR count). The average molecular weight is 405 g/mol. The molecular formula is C21H19N5O4. The third kappa shape index (κ3) is 3.57. The van der Waals surface area contributed by atoms with Gasteiger partial charge in [0, 0.05) is 34.9 Å². The highest BCUT2D eigenvalue weighted by molar-refractivity contribution is 6.04. The lowest BCUT2D eigenvalue weighted by molar-refractivity contribution is -0.150. The fourth-order valence-electron chi connectivity index (χ4n) is 3.42. The minimum absolute atomic E-state index is 0.145. The molecule has 0 aliphatic carbocycles. The molecule has 0 radical (unpaired) electrons. The van der Waals surface area contributed by atoms with Gasteiger partial charge in [-0.15, -0.1) is 0 Å². The molecule has 1 saturated heterocycles. The number of nitrogen functional groups attached to an aromatic ring is 1. The molecule has 1 aromatic heterocycles. The number of nitrogens with zero attached hydrogens (tertiary/aromatic N) is 2. The van der Waals surface area contributed by atoms with Gasteiger partial charge in [0.05, 0.1) is 18.2 Å². The van der Waals surface area contributed by atoms with Crippen LogP contribution in [0.4, 0.5) is 17.2 Å². The number of hydrogen-bond donors (Lipinski definition) is 4. The van der Waals surface area contributed by atoms with E-state index in [1.165, 1.54) is 4.90 Å². The molecular weight excluding hydrogens is 386 g/mol. The molecule has 2 heterocycles. The molecule has 9 heteroatoms. The predicted molar refractivity (Wildman–Crippen MR) is 111 cm³/mol. The number of morpholine rings is 1. The number of carbonyl (C=O) groups is 2. The number of hydrogen-bond acceptors (Lipinski definition) is 6. The van der Waals surface area contributed by atoms with Gasteiger partial charge in [-0.2, -0.15) is 5.26 Å². The Morgan fingerprint density at radius 2 is 2.20 bits per heavy atom. The highest BCUT2D eigenvalue weighted by Gasteiger charge is 2.39. The maximum Gasteiger partial charge on any atom is 0.259 e. The number of nitriles is 1. The molecule has 3 aromatic rings. The van der Waals surface area contributed by atoms with Gasteiger partial charge < -0.3 is 30.8 Å². The highest BCUT2D eigenvalue weighted by atomic mass is 16.5. The molecule has 0 spiro atoms. The van der Waals surface area contributed by atoms with E-state index >= 15 is 0 Å². The Kier molecular flexibility index (Phi) is 5.10. The van der Waals surface area contributed by atoms with Gasteiger partial charge in [-0.05, 0) is 36.4 Å². The minimum Gasteiger partial charge on any atom is -0.385 e. The normalized spacial score (nSPS) is 17.5. The van der Waals surface area contributed by atoms with Crippen LogP contribution in [0.5, 0.6) is 0 Å². The van der Waals surface area contributed by atoms with E-state index in [1.807, 2.05) is 6.07 Å². The number of benzene rings is 2. The summed E-state index contributed by atoms with van der Waals surface area (Å²) in [4.78, 5) is 29.7. The van der Waals surface area contributed by atoms with Crippen LogP contribution >= 0.6 is 0 Å². The fourth-order valence-corrected chi connectivity index (χ4v) is 3.42. The zero-order chi connectivity index (χ0) is 21.3. The number of aliphatic hydroxyl groups excluding tert-OH is 1. The molecule has 2 aromatic carbocycles. The molecule has 1 fully saturated rings. The van der Waals surface area contributed by atoms with Gasteiger partial charge in [0.25, 0.3) is 11.8 Å². The Hall–Kier alpha value is -3.87. The summed E-state index contributed by atoms with van der Waals surface area (Å²) in [5.41, 5.74) is 7.17. The van der Waals surface area contributed by atoms with Crippen LogP contribution in [0.3, 0.4) is 0 Å². The monoisotopic (exact) mass is 405 g/mol. The Bertz CT molecular complexity index is 1170. The van der Waals surface area contributed by atoms with Crippen molar-refractivity contribution >= 4 is 39.8 Å². The molecule has 2 atom stereocenters. The van der Waals surface area contributed by atoms with Gasteiger partial charge >= 0.3 is 0 Å². The van der Waals surface area contributed by atoms with Crippen molar-refractivity contribution in [3.05, 3.63) is 54.2 Å². The van der Waals surface area contributed by atoms with E-state index < -0.39 is 24.0 Å². The van der Waals surface area contributed by atoms with Crippen LogP contribution in [-0.2, 0) is 14.3 Å². The van der Waals surface area contributed by atoms with Gasteiger partial charge in [0.2, 0.25) is 0 Å². The van der Waals surface area contributed by atoms with E-state index in [0.29, 0.717) is 22.8 Å². The SMILES string of the molecule is N#Cc1cccc(N2CCO[C@H]([C@@H](O)C(=O)Nc3ccc4c(N)[nH]cc4c3)C2=O)c1. The molecule has 0 saturated carbocycles. The Morgan fingerprint density at radius 3 is 3.00 bits per heavy atom. The zero-order valence-corrected chi connectivity index (χ0v) is 15.8. The van der Waals surface area contributed by atoms with Crippen molar-refractivity contribution in [1.29, 1.82) is 5.26 Å². The number of nitrogens with two attached hydrogens (primary N) is 1. The van der Waals surface area contributed by atoms with Crippen LogP contribution in [0, 0.1) is 11.3 Å². The maximum atomic E-state index is 12.9. The van der Waals surface area contributed by atoms with E-state index in [0.717, 1.165) is 10.8 Å². The minimum atomic E-state index is -1.70. The number of anilines is 3. The highest BCUT2D eigenvalue weighted by Crippen LogP contribution is 2.25. The molecule has 2 amide bonds. The number of aromatic amines is 1. The van der Waals surface area contributed by atoms with Gasteiger partial charge in [-0.1, -0.05) is 6.07 Å². The van der Waals surface area contributed by atoms with Crippen molar-refractivity contribution in [2.45, 2.75) is 12.2 Å². The largest absolute Gasteiger partial charge is 0.385 e. The number of rotatable bonds is 4. The topological polar surface area (TPSA) is 144 Å². The predicted octanol–water partition coefficient (Wildman–Crippen LogP) is 1.35. The van der Waals surface area contributed by atoms with Crippen LogP contribution in [0.2, 0.25) is 0 Å². The summed E-state index contributed by atoms with van der Waals surface area (Å²) in [7, 11) is 0. The quantitative estimate of drug-likeness (QED) is 0.516. The zero-order valence-electron chi connectivity index (χ0n) is 15.8. The smallest absolute Gasteiger partial charge is 0.259 e. The molecule has 9 nitrogen and oxygen atoms in total. The Morgan fingerprint density at radius 1 is 1.37 bits per heavy atom. The lowest BCUT2D eigenvalue weighted by Crippen LogP contribution is -2.55. The first-order valence-corrected chi connectivity index (χ1v) is 9.26. The van der Waals surface area contributed by atoms with Gasteiger partial charge in [-0.25, -0.2) is 0 Å². The van der Waals surface area contributed by atoms with Crippen molar-refractivity contribution in [2.24, 2.45) is 0 Å². The van der Waals surface area contributed by atoms with Crippen molar-refractivity contribution < 1.29 is 19.4 Å². The number of aliphatic hydroxyl groups is 1. The van der Waals surface area contributed by atoms with Crippen molar-refractivity contribution in [1.82, 2.24) is 4.98 Å². The van der Waals surface area contributed by atoms with E-state index in [1.54, 1.807) is 48.7 Å². The van der Waals surface area contributed by atoms with Crippen LogP contribution < -0.4 is 16.0 Å². The summed E-state index contributed by atoms with van der Waals surface area (Å²) in [6, 6.07) is 13.7. The molecule has 1 aliphatic heterocycles.